The molecule has 0 amide bonds. The highest BCUT2D eigenvalue weighted by Crippen LogP contribution is 2.26. The third-order valence-corrected chi connectivity index (χ3v) is 4.68. The minimum atomic E-state index is 0.0619. The van der Waals surface area contributed by atoms with E-state index in [0.29, 0.717) is 5.56 Å². The van der Waals surface area contributed by atoms with Crippen LogP contribution >= 0.6 is 0 Å². The molecule has 0 spiro atoms. The van der Waals surface area contributed by atoms with Gasteiger partial charge in [0.1, 0.15) is 11.5 Å². The van der Waals surface area contributed by atoms with Crippen LogP contribution in [0, 0.1) is 0 Å². The van der Waals surface area contributed by atoms with Crippen LogP contribution in [0.2, 0.25) is 0 Å². The third kappa shape index (κ3) is 2.66. The van der Waals surface area contributed by atoms with Crippen LogP contribution in [0.15, 0.2) is 78.2 Å². The predicted molar refractivity (Wildman–Crippen MR) is 108 cm³/mol. The number of fused-ring (bicyclic) bond motifs is 2. The molecule has 0 atom stereocenters. The minimum absolute atomic E-state index is 0.0619. The molecule has 0 aliphatic carbocycles. The number of benzene rings is 2. The number of aromatic nitrogens is 4. The molecule has 0 aliphatic rings. The zero-order chi connectivity index (χ0) is 19.1. The van der Waals surface area contributed by atoms with Crippen molar-refractivity contribution in [2.45, 2.75) is 0 Å². The van der Waals surface area contributed by atoms with Crippen LogP contribution in [-0.2, 0) is 0 Å². The molecule has 0 saturated heterocycles. The molecular formula is C21H16N6O. The summed E-state index contributed by atoms with van der Waals surface area (Å²) in [7, 11) is 0. The molecule has 0 aliphatic heterocycles. The van der Waals surface area contributed by atoms with E-state index in [1.54, 1.807) is 6.07 Å². The Kier molecular flexibility index (Phi) is 3.58. The lowest BCUT2D eigenvalue weighted by Crippen LogP contribution is -2.12. The summed E-state index contributed by atoms with van der Waals surface area (Å²) in [6, 6.07) is 19.4. The number of amidine groups is 1. The lowest BCUT2D eigenvalue weighted by Gasteiger charge is -2.00. The normalized spacial score (nSPS) is 12.1. The number of pyridine rings is 1. The maximum Gasteiger partial charge on any atom is 0.170 e. The molecule has 28 heavy (non-hydrogen) atoms. The molecule has 0 saturated carbocycles. The van der Waals surface area contributed by atoms with Crippen LogP contribution in [0.3, 0.4) is 0 Å². The van der Waals surface area contributed by atoms with Crippen molar-refractivity contribution in [1.29, 1.82) is 0 Å². The summed E-state index contributed by atoms with van der Waals surface area (Å²) < 4.78 is 2.00. The Morgan fingerprint density at radius 2 is 1.89 bits per heavy atom. The maximum atomic E-state index is 8.86. The topological polar surface area (TPSA) is 105 Å². The molecule has 3 aromatic heterocycles. The lowest BCUT2D eigenvalue weighted by atomic mass is 10.1. The second-order valence-electron chi connectivity index (χ2n) is 6.48. The van der Waals surface area contributed by atoms with Crippen molar-refractivity contribution in [3.63, 3.8) is 0 Å². The molecule has 3 heterocycles. The lowest BCUT2D eigenvalue weighted by molar-refractivity contribution is 0.318. The predicted octanol–water partition coefficient (Wildman–Crippen LogP) is 3.64. The largest absolute Gasteiger partial charge is 0.409 e. The highest BCUT2D eigenvalue weighted by molar-refractivity contribution is 6.00. The summed E-state index contributed by atoms with van der Waals surface area (Å²) in [5.41, 5.74) is 11.7. The zero-order valence-corrected chi connectivity index (χ0v) is 14.7. The van der Waals surface area contributed by atoms with E-state index in [-0.39, 0.29) is 5.84 Å². The Hall–Kier alpha value is -4.13. The van der Waals surface area contributed by atoms with Gasteiger partial charge >= 0.3 is 0 Å². The van der Waals surface area contributed by atoms with Crippen LogP contribution in [0.25, 0.3) is 39.3 Å². The van der Waals surface area contributed by atoms with Crippen molar-refractivity contribution >= 4 is 22.5 Å². The number of oxime groups is 1. The molecule has 2 aromatic carbocycles. The van der Waals surface area contributed by atoms with E-state index in [9.17, 15) is 0 Å². The molecule has 7 heteroatoms. The monoisotopic (exact) mass is 368 g/mol. The van der Waals surface area contributed by atoms with Gasteiger partial charge in [-0.3, -0.25) is 0 Å². The molecule has 0 unspecified atom stereocenters. The van der Waals surface area contributed by atoms with Crippen LogP contribution in [0.4, 0.5) is 0 Å². The summed E-state index contributed by atoms with van der Waals surface area (Å²) in [6.07, 6.45) is 3.99. The SMILES string of the molecule is N/C(=N/O)c1ccc2nc(-c3cccc(-c4cn5ccccc5n4)c3)[nH]c2c1. The molecule has 5 aromatic rings. The van der Waals surface area contributed by atoms with Crippen molar-refractivity contribution < 1.29 is 5.21 Å². The Bertz CT molecular complexity index is 1310. The van der Waals surface area contributed by atoms with Gasteiger partial charge in [0.15, 0.2) is 5.84 Å². The van der Waals surface area contributed by atoms with Gasteiger partial charge in [0.25, 0.3) is 0 Å². The van der Waals surface area contributed by atoms with E-state index in [1.807, 2.05) is 65.3 Å². The average Bonchev–Trinajstić information content (AvgIpc) is 3.36. The van der Waals surface area contributed by atoms with E-state index < -0.39 is 0 Å². The Morgan fingerprint density at radius 1 is 1.00 bits per heavy atom. The number of aromatic amines is 1. The van der Waals surface area contributed by atoms with Crippen LogP contribution in [-0.4, -0.2) is 30.4 Å². The van der Waals surface area contributed by atoms with E-state index in [2.05, 4.69) is 26.2 Å². The van der Waals surface area contributed by atoms with E-state index in [1.165, 1.54) is 0 Å². The second kappa shape index (κ2) is 6.24. The van der Waals surface area contributed by atoms with E-state index in [4.69, 9.17) is 10.9 Å². The number of nitrogens with one attached hydrogen (secondary N) is 1. The molecule has 136 valence electrons. The summed E-state index contributed by atoms with van der Waals surface area (Å²) in [4.78, 5) is 12.7. The average molecular weight is 368 g/mol. The first-order valence-corrected chi connectivity index (χ1v) is 8.73. The van der Waals surface area contributed by atoms with E-state index in [0.717, 1.165) is 39.3 Å². The number of nitrogens with two attached hydrogens (primary N) is 1. The molecule has 0 radical (unpaired) electrons. The Balaban J connectivity index is 1.57. The van der Waals surface area contributed by atoms with Gasteiger partial charge in [0, 0.05) is 29.1 Å². The quantitative estimate of drug-likeness (QED) is 0.196. The number of hydrogen-bond donors (Lipinski definition) is 3. The van der Waals surface area contributed by atoms with Crippen LogP contribution in [0.5, 0.6) is 0 Å². The van der Waals surface area contributed by atoms with Crippen molar-refractivity contribution in [2.24, 2.45) is 10.9 Å². The Labute approximate surface area is 159 Å². The summed E-state index contributed by atoms with van der Waals surface area (Å²) in [5, 5.41) is 11.9. The molecule has 0 bridgehead atoms. The number of nitrogens with zero attached hydrogens (tertiary/aromatic N) is 4. The number of rotatable bonds is 3. The van der Waals surface area contributed by atoms with Gasteiger partial charge < -0.3 is 20.3 Å². The number of imidazole rings is 2. The highest BCUT2D eigenvalue weighted by atomic mass is 16.4. The molecule has 0 fully saturated rings. The van der Waals surface area contributed by atoms with Crippen LogP contribution in [0.1, 0.15) is 5.56 Å². The first kappa shape index (κ1) is 16.1. The smallest absolute Gasteiger partial charge is 0.170 e. The van der Waals surface area contributed by atoms with Gasteiger partial charge in [0.2, 0.25) is 0 Å². The third-order valence-electron chi connectivity index (χ3n) is 4.68. The summed E-state index contributed by atoms with van der Waals surface area (Å²) in [5.74, 6) is 0.809. The standard InChI is InChI=1S/C21H16N6O/c22-20(26-28)14-7-8-16-17(11-14)25-21(24-16)15-5-3-4-13(10-15)18-12-27-9-2-1-6-19(27)23-18/h1-12,28H,(H2,22,26)(H,24,25). The van der Waals surface area contributed by atoms with Gasteiger partial charge in [0.05, 0.1) is 16.7 Å². The molecule has 7 nitrogen and oxygen atoms in total. The van der Waals surface area contributed by atoms with Gasteiger partial charge in [-0.25, -0.2) is 9.97 Å². The zero-order valence-electron chi connectivity index (χ0n) is 14.7. The van der Waals surface area contributed by atoms with Crippen LogP contribution < -0.4 is 5.73 Å². The summed E-state index contributed by atoms with van der Waals surface area (Å²) in [6.45, 7) is 0. The summed E-state index contributed by atoms with van der Waals surface area (Å²) >= 11 is 0. The Morgan fingerprint density at radius 3 is 2.75 bits per heavy atom. The number of hydrogen-bond acceptors (Lipinski definition) is 4. The van der Waals surface area contributed by atoms with Gasteiger partial charge in [-0.15, -0.1) is 0 Å². The van der Waals surface area contributed by atoms with Crippen molar-refractivity contribution in [3.8, 4) is 22.6 Å². The van der Waals surface area contributed by atoms with Gasteiger partial charge in [-0.2, -0.15) is 0 Å². The molecule has 5 rings (SSSR count). The minimum Gasteiger partial charge on any atom is -0.409 e. The van der Waals surface area contributed by atoms with Crippen molar-refractivity contribution in [1.82, 2.24) is 19.4 Å². The van der Waals surface area contributed by atoms with Crippen molar-refractivity contribution in [2.75, 3.05) is 0 Å². The fourth-order valence-corrected chi connectivity index (χ4v) is 3.26. The van der Waals surface area contributed by atoms with Gasteiger partial charge in [-0.05, 0) is 36.4 Å². The molecule has 4 N–H and O–H groups in total. The number of H-pyrrole nitrogens is 1. The molecular weight excluding hydrogens is 352 g/mol. The maximum absolute atomic E-state index is 8.86. The second-order valence-corrected chi connectivity index (χ2v) is 6.48. The first-order valence-electron chi connectivity index (χ1n) is 8.73. The fourth-order valence-electron chi connectivity index (χ4n) is 3.26. The fraction of sp³-hybridized carbons (Fsp3) is 0. The van der Waals surface area contributed by atoms with Gasteiger partial charge in [-0.1, -0.05) is 29.4 Å². The first-order chi connectivity index (χ1) is 13.7. The van der Waals surface area contributed by atoms with E-state index >= 15 is 0 Å². The highest BCUT2D eigenvalue weighted by Gasteiger charge is 2.10. The van der Waals surface area contributed by atoms with Crippen molar-refractivity contribution in [3.05, 3.63) is 78.6 Å².